The van der Waals surface area contributed by atoms with Crippen LogP contribution in [-0.2, 0) is 24.4 Å². The van der Waals surface area contributed by atoms with E-state index >= 15 is 0 Å². The average Bonchev–Trinajstić information content (AvgIpc) is 3.25. The highest BCUT2D eigenvalue weighted by molar-refractivity contribution is 5.78. The van der Waals surface area contributed by atoms with E-state index in [1.165, 1.54) is 4.80 Å². The van der Waals surface area contributed by atoms with E-state index in [0.717, 1.165) is 40.0 Å². The lowest BCUT2D eigenvalue weighted by Crippen LogP contribution is -2.45. The summed E-state index contributed by atoms with van der Waals surface area (Å²) in [4.78, 5) is 17.2. The van der Waals surface area contributed by atoms with Crippen molar-refractivity contribution in [2.24, 2.45) is 5.92 Å². The zero-order chi connectivity index (χ0) is 24.2. The zero-order valence-corrected chi connectivity index (χ0v) is 20.2. The fourth-order valence-electron chi connectivity index (χ4n) is 4.62. The van der Waals surface area contributed by atoms with E-state index in [9.17, 15) is 4.79 Å². The highest BCUT2D eigenvalue weighted by atomic mass is 16.5. The molecule has 0 aliphatic carbocycles. The predicted octanol–water partition coefficient (Wildman–Crippen LogP) is 4.88. The number of hydrogen-bond donors (Lipinski definition) is 1. The van der Waals surface area contributed by atoms with Crippen molar-refractivity contribution in [3.05, 3.63) is 83.9 Å². The van der Waals surface area contributed by atoms with Gasteiger partial charge in [-0.15, -0.1) is 0 Å². The van der Waals surface area contributed by atoms with Crippen LogP contribution in [0.4, 0.5) is 5.69 Å². The van der Waals surface area contributed by atoms with E-state index in [4.69, 9.17) is 4.74 Å². The number of rotatable bonds is 4. The van der Waals surface area contributed by atoms with Crippen LogP contribution in [0.15, 0.2) is 72.8 Å². The summed E-state index contributed by atoms with van der Waals surface area (Å²) in [5.41, 5.74) is 4.76. The summed E-state index contributed by atoms with van der Waals surface area (Å²) in [6.45, 7) is 6.00. The maximum absolute atomic E-state index is 13.8. The molecule has 7 nitrogen and oxygen atoms in total. The maximum atomic E-state index is 13.8. The number of carbonyl (C=O) groups is 1. The fraction of sp³-hybridized carbons (Fsp3) is 0.321. The van der Waals surface area contributed by atoms with Crippen LogP contribution < -0.4 is 10.1 Å². The highest BCUT2D eigenvalue weighted by Gasteiger charge is 2.28. The normalized spacial score (nSPS) is 16.1. The van der Waals surface area contributed by atoms with Gasteiger partial charge in [0.1, 0.15) is 29.9 Å². The Hall–Kier alpha value is -3.87. The van der Waals surface area contributed by atoms with Gasteiger partial charge in [0.25, 0.3) is 0 Å². The smallest absolute Gasteiger partial charge is 0.246 e. The van der Waals surface area contributed by atoms with Gasteiger partial charge in [0.2, 0.25) is 5.91 Å². The quantitative estimate of drug-likeness (QED) is 0.461. The lowest BCUT2D eigenvalue weighted by atomic mass is 10.0. The average molecular weight is 470 g/mol. The van der Waals surface area contributed by atoms with Crippen LogP contribution >= 0.6 is 0 Å². The predicted molar refractivity (Wildman–Crippen MR) is 137 cm³/mol. The molecule has 1 amide bonds. The summed E-state index contributed by atoms with van der Waals surface area (Å²) >= 11 is 0. The monoisotopic (exact) mass is 469 g/mol. The van der Waals surface area contributed by atoms with Crippen molar-refractivity contribution in [1.29, 1.82) is 0 Å². The number of carbonyl (C=O) groups excluding carboxylic acids is 1. The molecule has 35 heavy (non-hydrogen) atoms. The number of fused-ring (bicyclic) bond motifs is 3. The van der Waals surface area contributed by atoms with Crippen LogP contribution in [-0.4, -0.2) is 38.4 Å². The molecule has 5 rings (SSSR count). The molecule has 7 heteroatoms. The van der Waals surface area contributed by atoms with Crippen LogP contribution in [0.1, 0.15) is 31.4 Å². The van der Waals surface area contributed by atoms with E-state index in [0.29, 0.717) is 25.6 Å². The number of aromatic nitrogens is 3. The molecule has 0 spiro atoms. The fourth-order valence-corrected chi connectivity index (χ4v) is 4.62. The molecule has 0 fully saturated rings. The summed E-state index contributed by atoms with van der Waals surface area (Å²) in [6, 6.07) is 23.9. The topological polar surface area (TPSA) is 72.3 Å². The molecule has 1 aromatic heterocycles. The van der Waals surface area contributed by atoms with Gasteiger partial charge in [-0.2, -0.15) is 15.0 Å². The molecule has 180 valence electrons. The van der Waals surface area contributed by atoms with Crippen LogP contribution in [0.25, 0.3) is 11.0 Å². The van der Waals surface area contributed by atoms with Gasteiger partial charge in [-0.05, 0) is 42.2 Å². The van der Waals surface area contributed by atoms with Gasteiger partial charge < -0.3 is 15.0 Å². The molecule has 0 saturated carbocycles. The number of nitrogens with one attached hydrogen (secondary N) is 1. The lowest BCUT2D eigenvalue weighted by Gasteiger charge is -2.33. The molecule has 0 unspecified atom stereocenters. The second-order valence-corrected chi connectivity index (χ2v) is 9.45. The highest BCUT2D eigenvalue weighted by Crippen LogP contribution is 2.27. The first-order valence-electron chi connectivity index (χ1n) is 12.2. The van der Waals surface area contributed by atoms with Crippen molar-refractivity contribution in [2.75, 3.05) is 11.9 Å². The van der Waals surface area contributed by atoms with Crippen molar-refractivity contribution in [3.63, 3.8) is 0 Å². The van der Waals surface area contributed by atoms with Gasteiger partial charge in [0, 0.05) is 24.3 Å². The van der Waals surface area contributed by atoms with E-state index in [1.54, 1.807) is 0 Å². The summed E-state index contributed by atoms with van der Waals surface area (Å²) in [5.74, 6) is 1.22. The number of benzene rings is 3. The molecule has 2 heterocycles. The molecule has 1 N–H and O–H groups in total. The number of nitrogens with zero attached hydrogens (tertiary/aromatic N) is 4. The maximum Gasteiger partial charge on any atom is 0.246 e. The molecule has 1 aliphatic heterocycles. The second kappa shape index (κ2) is 10.2. The Morgan fingerprint density at radius 3 is 2.37 bits per heavy atom. The van der Waals surface area contributed by atoms with Crippen LogP contribution in [0.2, 0.25) is 0 Å². The van der Waals surface area contributed by atoms with Crippen LogP contribution in [0, 0.1) is 5.92 Å². The third kappa shape index (κ3) is 5.29. The van der Waals surface area contributed by atoms with Crippen molar-refractivity contribution in [2.45, 2.75) is 45.9 Å². The molecule has 0 saturated heterocycles. The molecular formula is C28H31N5O2. The van der Waals surface area contributed by atoms with Gasteiger partial charge in [-0.1, -0.05) is 62.4 Å². The standard InChI is InChI=1S/C28H31N5O2/c1-20(2)15-23-19-35-27-14-8-4-9-21(27)16-29-24-11-5-3-10-22(24)17-32(23)28(34)18-33-30-25-12-6-7-13-26(25)31-33/h3-14,20,23,29H,15-19H2,1-2H3/t23-/m0/s1. The Morgan fingerprint density at radius 1 is 0.971 bits per heavy atom. The molecule has 3 aromatic carbocycles. The van der Waals surface area contributed by atoms with E-state index in [2.05, 4.69) is 47.6 Å². The number of para-hydroxylation sites is 2. The number of hydrogen-bond acceptors (Lipinski definition) is 5. The van der Waals surface area contributed by atoms with Crippen molar-refractivity contribution < 1.29 is 9.53 Å². The van der Waals surface area contributed by atoms with Crippen molar-refractivity contribution in [1.82, 2.24) is 19.9 Å². The van der Waals surface area contributed by atoms with Crippen LogP contribution in [0.3, 0.4) is 0 Å². The number of amides is 1. The lowest BCUT2D eigenvalue weighted by molar-refractivity contribution is -0.136. The van der Waals surface area contributed by atoms with E-state index < -0.39 is 0 Å². The molecular weight excluding hydrogens is 438 g/mol. The van der Waals surface area contributed by atoms with E-state index in [1.807, 2.05) is 59.5 Å². The molecule has 0 radical (unpaired) electrons. The van der Waals surface area contributed by atoms with Gasteiger partial charge >= 0.3 is 0 Å². The largest absolute Gasteiger partial charge is 0.491 e. The first-order chi connectivity index (χ1) is 17.1. The zero-order valence-electron chi connectivity index (χ0n) is 20.2. The minimum Gasteiger partial charge on any atom is -0.491 e. The summed E-state index contributed by atoms with van der Waals surface area (Å²) in [5, 5.41) is 12.6. The van der Waals surface area contributed by atoms with Gasteiger partial charge in [-0.25, -0.2) is 0 Å². The molecule has 0 bridgehead atoms. The SMILES string of the molecule is CC(C)C[C@H]1COc2ccccc2CNc2ccccc2CN1C(=O)Cn1nc2ccccc2n1. The van der Waals surface area contributed by atoms with Gasteiger partial charge in [-0.3, -0.25) is 4.79 Å². The van der Waals surface area contributed by atoms with Crippen molar-refractivity contribution >= 4 is 22.6 Å². The minimum atomic E-state index is -0.0910. The number of anilines is 1. The second-order valence-electron chi connectivity index (χ2n) is 9.45. The van der Waals surface area contributed by atoms with Gasteiger partial charge in [0.15, 0.2) is 0 Å². The van der Waals surface area contributed by atoms with Crippen LogP contribution in [0.5, 0.6) is 5.75 Å². The Balaban J connectivity index is 1.50. The Morgan fingerprint density at radius 2 is 1.63 bits per heavy atom. The number of ether oxygens (including phenoxy) is 1. The third-order valence-corrected chi connectivity index (χ3v) is 6.34. The first kappa shape index (κ1) is 22.9. The summed E-state index contributed by atoms with van der Waals surface area (Å²) < 4.78 is 6.34. The Labute approximate surface area is 205 Å². The van der Waals surface area contributed by atoms with E-state index in [-0.39, 0.29) is 18.5 Å². The summed E-state index contributed by atoms with van der Waals surface area (Å²) in [7, 11) is 0. The third-order valence-electron chi connectivity index (χ3n) is 6.34. The molecule has 4 aromatic rings. The minimum absolute atomic E-state index is 0.0260. The molecule has 1 atom stereocenters. The summed E-state index contributed by atoms with van der Waals surface area (Å²) in [6.07, 6.45) is 0.831. The molecule has 1 aliphatic rings. The Kier molecular flexibility index (Phi) is 6.66. The van der Waals surface area contributed by atoms with Crippen molar-refractivity contribution in [3.8, 4) is 5.75 Å². The van der Waals surface area contributed by atoms with Gasteiger partial charge in [0.05, 0.1) is 6.04 Å². The first-order valence-corrected chi connectivity index (χ1v) is 12.2. The Bertz CT molecular complexity index is 1280.